The van der Waals surface area contributed by atoms with Crippen molar-refractivity contribution in [2.24, 2.45) is 0 Å². The van der Waals surface area contributed by atoms with Crippen molar-refractivity contribution in [1.29, 1.82) is 0 Å². The number of hydrogen-bond acceptors (Lipinski definition) is 2. The lowest BCUT2D eigenvalue weighted by Crippen LogP contribution is -1.82. The van der Waals surface area contributed by atoms with Crippen molar-refractivity contribution in [2.45, 2.75) is 0 Å². The van der Waals surface area contributed by atoms with E-state index < -0.39 is 0 Å². The number of thiazole rings is 1. The summed E-state index contributed by atoms with van der Waals surface area (Å²) in [5.41, 5.74) is 2.62. The van der Waals surface area contributed by atoms with E-state index in [2.05, 4.69) is 4.98 Å². The molecule has 0 unspecified atom stereocenters. The molecule has 0 bridgehead atoms. The van der Waals surface area contributed by atoms with Crippen LogP contribution in [0.2, 0.25) is 15.1 Å². The van der Waals surface area contributed by atoms with E-state index in [4.69, 9.17) is 34.8 Å². The highest BCUT2D eigenvalue weighted by molar-refractivity contribution is 7.13. The van der Waals surface area contributed by atoms with Gasteiger partial charge in [-0.1, -0.05) is 53.0 Å². The van der Waals surface area contributed by atoms with Gasteiger partial charge in [0.2, 0.25) is 0 Å². The molecule has 0 atom stereocenters. The highest BCUT2D eigenvalue weighted by atomic mass is 35.5. The molecular formula is C15H8Cl3NS. The van der Waals surface area contributed by atoms with E-state index in [1.54, 1.807) is 12.1 Å². The summed E-state index contributed by atoms with van der Waals surface area (Å²) in [6.07, 6.45) is 0. The van der Waals surface area contributed by atoms with Crippen LogP contribution in [-0.4, -0.2) is 4.98 Å². The van der Waals surface area contributed by atoms with E-state index in [1.807, 2.05) is 35.7 Å². The standard InChI is InChI=1S/C15H8Cl3NS/c16-9-5-6-10(13(18)7-9)14-8-20-15(19-14)11-3-1-2-4-12(11)17/h1-8H. The molecule has 0 saturated carbocycles. The average molecular weight is 341 g/mol. The normalized spacial score (nSPS) is 10.8. The molecule has 1 aromatic heterocycles. The molecule has 3 aromatic rings. The summed E-state index contributed by atoms with van der Waals surface area (Å²) in [4.78, 5) is 4.61. The Morgan fingerprint density at radius 2 is 1.65 bits per heavy atom. The zero-order chi connectivity index (χ0) is 14.1. The van der Waals surface area contributed by atoms with Gasteiger partial charge >= 0.3 is 0 Å². The summed E-state index contributed by atoms with van der Waals surface area (Å²) in [7, 11) is 0. The Labute approximate surface area is 135 Å². The van der Waals surface area contributed by atoms with Gasteiger partial charge in [0.1, 0.15) is 5.01 Å². The molecule has 0 fully saturated rings. The zero-order valence-corrected chi connectivity index (χ0v) is 13.2. The van der Waals surface area contributed by atoms with E-state index >= 15 is 0 Å². The molecule has 0 saturated heterocycles. The maximum absolute atomic E-state index is 6.20. The fraction of sp³-hybridized carbons (Fsp3) is 0. The predicted octanol–water partition coefficient (Wildman–Crippen LogP) is 6.44. The number of hydrogen-bond donors (Lipinski definition) is 0. The Kier molecular flexibility index (Phi) is 3.99. The van der Waals surface area contributed by atoms with Gasteiger partial charge in [0.25, 0.3) is 0 Å². The molecule has 0 aliphatic carbocycles. The molecule has 0 aliphatic heterocycles. The molecule has 2 aromatic carbocycles. The van der Waals surface area contributed by atoms with Crippen LogP contribution in [-0.2, 0) is 0 Å². The molecule has 100 valence electrons. The van der Waals surface area contributed by atoms with Gasteiger partial charge in [-0.3, -0.25) is 0 Å². The Morgan fingerprint density at radius 1 is 0.850 bits per heavy atom. The van der Waals surface area contributed by atoms with Gasteiger partial charge in [0.05, 0.1) is 15.7 Å². The summed E-state index contributed by atoms with van der Waals surface area (Å²) in [6.45, 7) is 0. The molecule has 3 rings (SSSR count). The molecule has 0 spiro atoms. The summed E-state index contributed by atoms with van der Waals surface area (Å²) < 4.78 is 0. The lowest BCUT2D eigenvalue weighted by atomic mass is 10.2. The quantitative estimate of drug-likeness (QED) is 0.523. The molecule has 0 amide bonds. The monoisotopic (exact) mass is 339 g/mol. The van der Waals surface area contributed by atoms with Crippen LogP contribution in [0.5, 0.6) is 0 Å². The third kappa shape index (κ3) is 2.70. The fourth-order valence-corrected chi connectivity index (χ4v) is 3.50. The van der Waals surface area contributed by atoms with Crippen LogP contribution in [0.3, 0.4) is 0 Å². The molecule has 0 aliphatic rings. The van der Waals surface area contributed by atoms with Crippen molar-refractivity contribution in [3.05, 3.63) is 62.9 Å². The number of nitrogens with zero attached hydrogens (tertiary/aromatic N) is 1. The van der Waals surface area contributed by atoms with Gasteiger partial charge in [0.15, 0.2) is 0 Å². The molecule has 20 heavy (non-hydrogen) atoms. The number of aromatic nitrogens is 1. The Morgan fingerprint density at radius 3 is 2.40 bits per heavy atom. The Hall–Kier alpha value is -1.06. The van der Waals surface area contributed by atoms with Gasteiger partial charge < -0.3 is 0 Å². The van der Waals surface area contributed by atoms with Crippen molar-refractivity contribution in [3.8, 4) is 21.8 Å². The Balaban J connectivity index is 2.04. The van der Waals surface area contributed by atoms with E-state index in [0.717, 1.165) is 21.8 Å². The maximum atomic E-state index is 6.20. The molecule has 1 heterocycles. The second-order valence-corrected chi connectivity index (χ2v) is 6.25. The van der Waals surface area contributed by atoms with Crippen molar-refractivity contribution in [3.63, 3.8) is 0 Å². The lowest BCUT2D eigenvalue weighted by molar-refractivity contribution is 1.40. The van der Waals surface area contributed by atoms with Gasteiger partial charge in [-0.25, -0.2) is 4.98 Å². The number of halogens is 3. The van der Waals surface area contributed by atoms with Crippen molar-refractivity contribution >= 4 is 46.1 Å². The maximum Gasteiger partial charge on any atom is 0.125 e. The first-order valence-corrected chi connectivity index (χ1v) is 7.82. The third-order valence-corrected chi connectivity index (χ3v) is 4.57. The van der Waals surface area contributed by atoms with Crippen LogP contribution in [0, 0.1) is 0 Å². The van der Waals surface area contributed by atoms with Gasteiger partial charge in [-0.15, -0.1) is 11.3 Å². The molecule has 1 nitrogen and oxygen atoms in total. The topological polar surface area (TPSA) is 12.9 Å². The second-order valence-electron chi connectivity index (χ2n) is 4.14. The summed E-state index contributed by atoms with van der Waals surface area (Å²) >= 11 is 19.8. The SMILES string of the molecule is Clc1ccc(-c2csc(-c3ccccc3Cl)n2)c(Cl)c1. The van der Waals surface area contributed by atoms with E-state index in [0.29, 0.717) is 15.1 Å². The zero-order valence-electron chi connectivity index (χ0n) is 10.1. The molecule has 0 N–H and O–H groups in total. The van der Waals surface area contributed by atoms with Crippen LogP contribution in [0.15, 0.2) is 47.8 Å². The predicted molar refractivity (Wildman–Crippen MR) is 88.0 cm³/mol. The van der Waals surface area contributed by atoms with E-state index in [9.17, 15) is 0 Å². The second kappa shape index (κ2) is 5.74. The van der Waals surface area contributed by atoms with Gasteiger partial charge in [-0.2, -0.15) is 0 Å². The molecular weight excluding hydrogens is 333 g/mol. The summed E-state index contributed by atoms with van der Waals surface area (Å²) in [5.74, 6) is 0. The van der Waals surface area contributed by atoms with Crippen molar-refractivity contribution < 1.29 is 0 Å². The third-order valence-electron chi connectivity index (χ3n) is 2.82. The van der Waals surface area contributed by atoms with Crippen molar-refractivity contribution in [2.75, 3.05) is 0 Å². The summed E-state index contributed by atoms with van der Waals surface area (Å²) in [6, 6.07) is 13.0. The van der Waals surface area contributed by atoms with Crippen LogP contribution in [0.25, 0.3) is 21.8 Å². The fourth-order valence-electron chi connectivity index (χ4n) is 1.85. The minimum Gasteiger partial charge on any atom is -0.236 e. The number of benzene rings is 2. The van der Waals surface area contributed by atoms with Crippen LogP contribution in [0.4, 0.5) is 0 Å². The average Bonchev–Trinajstić information content (AvgIpc) is 2.88. The highest BCUT2D eigenvalue weighted by Crippen LogP contribution is 2.35. The van der Waals surface area contributed by atoms with Crippen molar-refractivity contribution in [1.82, 2.24) is 4.98 Å². The Bertz CT molecular complexity index is 767. The van der Waals surface area contributed by atoms with Gasteiger partial charge in [0, 0.05) is 21.5 Å². The molecule has 5 heteroatoms. The lowest BCUT2D eigenvalue weighted by Gasteiger charge is -2.01. The van der Waals surface area contributed by atoms with Crippen LogP contribution >= 0.6 is 46.1 Å². The minimum absolute atomic E-state index is 0.591. The first-order chi connectivity index (χ1) is 9.65. The number of rotatable bonds is 2. The first kappa shape index (κ1) is 13.9. The van der Waals surface area contributed by atoms with Crippen LogP contribution in [0.1, 0.15) is 0 Å². The van der Waals surface area contributed by atoms with E-state index in [1.165, 1.54) is 11.3 Å². The van der Waals surface area contributed by atoms with Crippen LogP contribution < -0.4 is 0 Å². The van der Waals surface area contributed by atoms with Gasteiger partial charge in [-0.05, 0) is 24.3 Å². The van der Waals surface area contributed by atoms with E-state index in [-0.39, 0.29) is 0 Å². The smallest absolute Gasteiger partial charge is 0.125 e. The molecule has 0 radical (unpaired) electrons. The highest BCUT2D eigenvalue weighted by Gasteiger charge is 2.11. The largest absolute Gasteiger partial charge is 0.236 e. The summed E-state index contributed by atoms with van der Waals surface area (Å²) in [5, 5.41) is 4.73. The minimum atomic E-state index is 0.591. The first-order valence-electron chi connectivity index (χ1n) is 5.81.